The molecule has 2 fully saturated rings. The van der Waals surface area contributed by atoms with Gasteiger partial charge in [-0.25, -0.2) is 0 Å². The Morgan fingerprint density at radius 3 is 2.54 bits per heavy atom. The molecule has 2 aliphatic rings. The lowest BCUT2D eigenvalue weighted by molar-refractivity contribution is 0.0712. The highest BCUT2D eigenvalue weighted by Gasteiger charge is 2.31. The van der Waals surface area contributed by atoms with Gasteiger partial charge in [-0.2, -0.15) is 0 Å². The van der Waals surface area contributed by atoms with Crippen LogP contribution in [-0.4, -0.2) is 13.7 Å². The Morgan fingerprint density at radius 2 is 1.77 bits per heavy atom. The summed E-state index contributed by atoms with van der Waals surface area (Å²) >= 11 is 0. The van der Waals surface area contributed by atoms with Crippen molar-refractivity contribution in [3.8, 4) is 0 Å². The summed E-state index contributed by atoms with van der Waals surface area (Å²) in [5.74, 6) is 3.02. The highest BCUT2D eigenvalue weighted by Crippen LogP contribution is 2.42. The Balaban J connectivity index is 1.84. The summed E-state index contributed by atoms with van der Waals surface area (Å²) in [7, 11) is 1.84. The summed E-state index contributed by atoms with van der Waals surface area (Å²) in [6.45, 7) is 1.00. The van der Waals surface area contributed by atoms with Crippen molar-refractivity contribution in [1.82, 2.24) is 0 Å². The summed E-state index contributed by atoms with van der Waals surface area (Å²) < 4.78 is 5.26. The maximum Gasteiger partial charge on any atom is 0.0490 e. The predicted molar refractivity (Wildman–Crippen MR) is 54.7 cm³/mol. The van der Waals surface area contributed by atoms with E-state index in [1.165, 1.54) is 44.9 Å². The molecule has 0 aromatic carbocycles. The summed E-state index contributed by atoms with van der Waals surface area (Å²) in [4.78, 5) is 0. The molecule has 2 saturated carbocycles. The van der Waals surface area contributed by atoms with Gasteiger partial charge in [-0.1, -0.05) is 25.7 Å². The number of fused-ring (bicyclic) bond motifs is 1. The van der Waals surface area contributed by atoms with Crippen LogP contribution in [0, 0.1) is 17.8 Å². The predicted octanol–water partition coefficient (Wildman–Crippen LogP) is 3.24. The quantitative estimate of drug-likeness (QED) is 0.637. The lowest BCUT2D eigenvalue weighted by Crippen LogP contribution is -2.29. The van der Waals surface area contributed by atoms with Crippen LogP contribution in [0.25, 0.3) is 0 Å². The van der Waals surface area contributed by atoms with Crippen molar-refractivity contribution >= 4 is 0 Å². The fraction of sp³-hybridized carbons (Fsp3) is 1.00. The Morgan fingerprint density at radius 1 is 1.00 bits per heavy atom. The molecular formula is C12H22O. The van der Waals surface area contributed by atoms with Crippen molar-refractivity contribution in [3.63, 3.8) is 0 Å². The van der Waals surface area contributed by atoms with E-state index in [1.807, 2.05) is 7.11 Å². The maximum absolute atomic E-state index is 5.26. The fourth-order valence-corrected chi connectivity index (χ4v) is 3.36. The highest BCUT2D eigenvalue weighted by molar-refractivity contribution is 4.82. The molecule has 0 spiro atoms. The molecule has 1 heteroatoms. The first-order valence-electron chi connectivity index (χ1n) is 5.89. The first-order chi connectivity index (χ1) is 6.40. The Labute approximate surface area is 81.9 Å². The molecule has 0 saturated heterocycles. The van der Waals surface area contributed by atoms with Crippen LogP contribution >= 0.6 is 0 Å². The van der Waals surface area contributed by atoms with Gasteiger partial charge >= 0.3 is 0 Å². The Hall–Kier alpha value is -0.0400. The second kappa shape index (κ2) is 4.45. The molecule has 0 bridgehead atoms. The molecule has 0 heterocycles. The third-order valence-corrected chi connectivity index (χ3v) is 4.05. The molecule has 0 aromatic heterocycles. The van der Waals surface area contributed by atoms with Gasteiger partial charge in [0.05, 0.1) is 0 Å². The average Bonchev–Trinajstić information content (AvgIpc) is 2.18. The fourth-order valence-electron chi connectivity index (χ4n) is 3.36. The van der Waals surface area contributed by atoms with E-state index in [9.17, 15) is 0 Å². The molecule has 0 aromatic rings. The summed E-state index contributed by atoms with van der Waals surface area (Å²) in [6.07, 6.45) is 10.4. The normalized spacial score (nSPS) is 39.9. The lowest BCUT2D eigenvalue weighted by atomic mass is 9.68. The molecule has 13 heavy (non-hydrogen) atoms. The van der Waals surface area contributed by atoms with E-state index in [0.717, 1.165) is 24.4 Å². The smallest absolute Gasteiger partial charge is 0.0490 e. The summed E-state index contributed by atoms with van der Waals surface area (Å²) in [6, 6.07) is 0. The van der Waals surface area contributed by atoms with E-state index in [4.69, 9.17) is 4.74 Å². The third-order valence-electron chi connectivity index (χ3n) is 4.05. The van der Waals surface area contributed by atoms with Crippen LogP contribution in [0.5, 0.6) is 0 Å². The second-order valence-electron chi connectivity index (χ2n) is 4.94. The van der Waals surface area contributed by atoms with E-state index in [1.54, 1.807) is 0 Å². The summed E-state index contributed by atoms with van der Waals surface area (Å²) in [5.41, 5.74) is 0. The number of methoxy groups -OCH3 is 1. The van der Waals surface area contributed by atoms with Gasteiger partial charge in [0.2, 0.25) is 0 Å². The topological polar surface area (TPSA) is 9.23 Å². The molecular weight excluding hydrogens is 160 g/mol. The van der Waals surface area contributed by atoms with Crippen LogP contribution in [0.3, 0.4) is 0 Å². The van der Waals surface area contributed by atoms with Gasteiger partial charge in [0.25, 0.3) is 0 Å². The Kier molecular flexibility index (Phi) is 3.26. The number of ether oxygens (including phenoxy) is 1. The third kappa shape index (κ3) is 2.25. The second-order valence-corrected chi connectivity index (χ2v) is 4.94. The molecule has 2 aliphatic carbocycles. The van der Waals surface area contributed by atoms with E-state index in [-0.39, 0.29) is 0 Å². The van der Waals surface area contributed by atoms with Gasteiger partial charge in [-0.15, -0.1) is 0 Å². The standard InChI is InChI=1S/C12H22O/c1-13-9-10-6-7-11-4-2-3-5-12(11)8-10/h10-12H,2-9H2,1H3. The van der Waals surface area contributed by atoms with Crippen LogP contribution in [0.2, 0.25) is 0 Å². The van der Waals surface area contributed by atoms with Crippen LogP contribution in [0.1, 0.15) is 44.9 Å². The minimum atomic E-state index is 0.879. The zero-order valence-electron chi connectivity index (χ0n) is 8.80. The molecule has 3 unspecified atom stereocenters. The SMILES string of the molecule is COCC1CCC2CCCCC2C1. The average molecular weight is 182 g/mol. The molecule has 3 atom stereocenters. The van der Waals surface area contributed by atoms with Gasteiger partial charge < -0.3 is 4.74 Å². The molecule has 2 rings (SSSR count). The minimum absolute atomic E-state index is 0.879. The van der Waals surface area contributed by atoms with Crippen LogP contribution in [0.15, 0.2) is 0 Å². The zero-order chi connectivity index (χ0) is 9.10. The maximum atomic E-state index is 5.26. The van der Waals surface area contributed by atoms with Gasteiger partial charge in [-0.3, -0.25) is 0 Å². The Bertz CT molecular complexity index is 155. The van der Waals surface area contributed by atoms with Crippen molar-refractivity contribution < 1.29 is 4.74 Å². The zero-order valence-corrected chi connectivity index (χ0v) is 8.80. The van der Waals surface area contributed by atoms with Gasteiger partial charge in [0.1, 0.15) is 0 Å². The molecule has 76 valence electrons. The van der Waals surface area contributed by atoms with Crippen molar-refractivity contribution in [2.45, 2.75) is 44.9 Å². The van der Waals surface area contributed by atoms with Crippen LogP contribution < -0.4 is 0 Å². The molecule has 0 N–H and O–H groups in total. The van der Waals surface area contributed by atoms with Gasteiger partial charge in [-0.05, 0) is 37.0 Å². The first-order valence-corrected chi connectivity index (χ1v) is 5.89. The van der Waals surface area contributed by atoms with Crippen LogP contribution in [0.4, 0.5) is 0 Å². The molecule has 1 nitrogen and oxygen atoms in total. The van der Waals surface area contributed by atoms with Crippen molar-refractivity contribution in [2.75, 3.05) is 13.7 Å². The number of hydrogen-bond donors (Lipinski definition) is 0. The van der Waals surface area contributed by atoms with Gasteiger partial charge in [0.15, 0.2) is 0 Å². The van der Waals surface area contributed by atoms with Gasteiger partial charge in [0, 0.05) is 13.7 Å². The van der Waals surface area contributed by atoms with E-state index in [2.05, 4.69) is 0 Å². The van der Waals surface area contributed by atoms with E-state index >= 15 is 0 Å². The van der Waals surface area contributed by atoms with E-state index < -0.39 is 0 Å². The molecule has 0 radical (unpaired) electrons. The number of hydrogen-bond acceptors (Lipinski definition) is 1. The lowest BCUT2D eigenvalue weighted by Gasteiger charge is -2.39. The highest BCUT2D eigenvalue weighted by atomic mass is 16.5. The van der Waals surface area contributed by atoms with Crippen molar-refractivity contribution in [1.29, 1.82) is 0 Å². The molecule has 0 amide bonds. The van der Waals surface area contributed by atoms with Crippen molar-refractivity contribution in [3.05, 3.63) is 0 Å². The van der Waals surface area contributed by atoms with E-state index in [0.29, 0.717) is 0 Å². The number of rotatable bonds is 2. The van der Waals surface area contributed by atoms with Crippen LogP contribution in [-0.2, 0) is 4.74 Å². The summed E-state index contributed by atoms with van der Waals surface area (Å²) in [5, 5.41) is 0. The minimum Gasteiger partial charge on any atom is -0.384 e. The largest absolute Gasteiger partial charge is 0.384 e. The monoisotopic (exact) mass is 182 g/mol. The molecule has 0 aliphatic heterocycles. The first kappa shape index (κ1) is 9.51. The van der Waals surface area contributed by atoms with Crippen molar-refractivity contribution in [2.24, 2.45) is 17.8 Å².